The molecule has 1 aliphatic heterocycles. The van der Waals surface area contributed by atoms with Crippen molar-refractivity contribution in [1.82, 2.24) is 18.6 Å². The van der Waals surface area contributed by atoms with E-state index in [-0.39, 0.29) is 110 Å². The van der Waals surface area contributed by atoms with Crippen molar-refractivity contribution in [1.29, 1.82) is 0 Å². The number of carbonyl (C=O) groups is 2. The fourth-order valence-electron chi connectivity index (χ4n) is 1.16. The first-order chi connectivity index (χ1) is 9.18. The van der Waals surface area contributed by atoms with Crippen LogP contribution in [0.5, 0.6) is 0 Å². The van der Waals surface area contributed by atoms with E-state index in [9.17, 15) is 24.0 Å². The smallest absolute Gasteiger partial charge is 0.253 e. The first-order valence-corrected chi connectivity index (χ1v) is 5.12. The van der Waals surface area contributed by atoms with Gasteiger partial charge in [0, 0.05) is 117 Å². The van der Waals surface area contributed by atoms with Crippen LogP contribution < -0.4 is 17.1 Å². The monoisotopic (exact) mass is 546 g/mol. The number of nitrogens with zero attached hydrogens (tertiary/aromatic N) is 4. The molecule has 0 atom stereocenters. The minimum absolute atomic E-state index is 0. The third-order valence-electron chi connectivity index (χ3n) is 2.42. The number of likely N-dealkylation sites (N-methyl/N-ethyl adjacent to an activating group) is 1. The van der Waals surface area contributed by atoms with Crippen molar-refractivity contribution in [3.05, 3.63) is 64.7 Å². The van der Waals surface area contributed by atoms with Gasteiger partial charge in [-0.2, -0.15) is 0 Å². The molecule has 0 saturated carbocycles. The second-order valence-corrected chi connectivity index (χ2v) is 3.70. The summed E-state index contributed by atoms with van der Waals surface area (Å²) in [4.78, 5) is 54.6. The number of imide groups is 1. The fourth-order valence-corrected chi connectivity index (χ4v) is 1.16. The molecule has 3 radical (unpaired) electrons. The minimum Gasteiger partial charge on any atom is -0.391 e. The molecule has 1 aromatic heterocycles. The maximum atomic E-state index is 10.9. The second-order valence-electron chi connectivity index (χ2n) is 3.70. The molecule has 1 aromatic rings. The topological polar surface area (TPSA) is 103 Å². The van der Waals surface area contributed by atoms with Crippen LogP contribution in [0, 0.1) is 21.1 Å². The summed E-state index contributed by atoms with van der Waals surface area (Å²) in [5, 5.41) is 0. The van der Waals surface area contributed by atoms with Crippen molar-refractivity contribution in [2.24, 2.45) is 0 Å². The Bertz CT molecular complexity index is 658. The van der Waals surface area contributed by atoms with E-state index in [1.54, 1.807) is 0 Å². The van der Waals surface area contributed by atoms with Gasteiger partial charge in [0.05, 0.1) is 0 Å². The Hall–Kier alpha value is 0.212. The van der Waals surface area contributed by atoms with E-state index in [1.807, 2.05) is 0 Å². The Morgan fingerprint density at radius 2 is 0.870 bits per heavy atom. The van der Waals surface area contributed by atoms with E-state index < -0.39 is 17.1 Å². The zero-order chi connectivity index (χ0) is 15.6. The van der Waals surface area contributed by atoms with E-state index in [4.69, 9.17) is 0 Å². The van der Waals surface area contributed by atoms with Gasteiger partial charge in [-0.05, 0) is 0 Å². The van der Waals surface area contributed by atoms with Gasteiger partial charge in [0.2, 0.25) is 17.1 Å². The molecule has 0 spiro atoms. The van der Waals surface area contributed by atoms with Gasteiger partial charge in [-0.25, -0.2) is 0 Å². The Kier molecular flexibility index (Phi) is 14.3. The van der Waals surface area contributed by atoms with Gasteiger partial charge in [-0.15, -0.1) is 21.1 Å². The van der Waals surface area contributed by atoms with Crippen LogP contribution in [0.25, 0.3) is 0 Å². The van der Waals surface area contributed by atoms with Crippen molar-refractivity contribution >= 4 is 11.8 Å². The minimum atomic E-state index is -0.870. The Morgan fingerprint density at radius 1 is 0.652 bits per heavy atom. The molecular formula is C11H11N4O5Y3-3. The normalized spacial score (nSPS) is 11.6. The quantitative estimate of drug-likeness (QED) is 0.268. The molecule has 0 aromatic carbocycles. The summed E-state index contributed by atoms with van der Waals surface area (Å²) in [7, 11) is 10.8. The van der Waals surface area contributed by atoms with Crippen molar-refractivity contribution in [2.75, 3.05) is 7.05 Å². The first-order valence-electron chi connectivity index (χ1n) is 5.12. The van der Waals surface area contributed by atoms with Crippen LogP contribution >= 0.6 is 0 Å². The number of rotatable bonds is 0. The number of hydrogen-bond donors (Lipinski definition) is 0. The molecule has 23 heavy (non-hydrogen) atoms. The third-order valence-corrected chi connectivity index (χ3v) is 2.42. The van der Waals surface area contributed by atoms with Crippen LogP contribution in [-0.2, 0) is 108 Å². The first kappa shape index (κ1) is 28.0. The summed E-state index contributed by atoms with van der Waals surface area (Å²) >= 11 is 0. The summed E-state index contributed by atoms with van der Waals surface area (Å²) in [5.74, 6) is -0.481. The summed E-state index contributed by atoms with van der Waals surface area (Å²) in [6, 6.07) is 0. The standard InChI is InChI=1S/C6H6N3O3.C5H5NO2.3Y/c1-7-4(10)8(2)6(12)9(3)5(7)11;1-6-4(7)2-3-5(6)8;;;/h1-3H2;2-3H,1H3;;;/q-3;;;;. The molecule has 0 fully saturated rings. The molecule has 117 valence electrons. The van der Waals surface area contributed by atoms with Crippen LogP contribution in [0.2, 0.25) is 0 Å². The molecule has 2 amide bonds. The van der Waals surface area contributed by atoms with E-state index in [2.05, 4.69) is 21.1 Å². The molecule has 1 aliphatic rings. The molecule has 0 N–H and O–H groups in total. The zero-order valence-corrected chi connectivity index (χ0v) is 20.9. The van der Waals surface area contributed by atoms with E-state index in [1.165, 1.54) is 19.2 Å². The Balaban J connectivity index is -0.000000325. The molecule has 9 nitrogen and oxygen atoms in total. The van der Waals surface area contributed by atoms with Crippen LogP contribution in [0.3, 0.4) is 0 Å². The van der Waals surface area contributed by atoms with Crippen molar-refractivity contribution in [3.63, 3.8) is 0 Å². The number of carbonyl (C=O) groups excluding carboxylic acids is 2. The summed E-state index contributed by atoms with van der Waals surface area (Å²) < 4.78 is 1.50. The predicted molar refractivity (Wildman–Crippen MR) is 68.4 cm³/mol. The average Bonchev–Trinajstić information content (AvgIpc) is 2.73. The number of aromatic nitrogens is 3. The van der Waals surface area contributed by atoms with Gasteiger partial charge in [-0.1, -0.05) is 0 Å². The van der Waals surface area contributed by atoms with Crippen LogP contribution in [-0.4, -0.2) is 37.5 Å². The Labute approximate surface area is 207 Å². The van der Waals surface area contributed by atoms with E-state index >= 15 is 0 Å². The van der Waals surface area contributed by atoms with Gasteiger partial charge in [-0.3, -0.25) is 14.5 Å². The molecule has 2 rings (SSSR count). The third kappa shape index (κ3) is 6.55. The molecule has 0 aliphatic carbocycles. The number of hydrogen-bond acceptors (Lipinski definition) is 5. The number of amides is 2. The van der Waals surface area contributed by atoms with Gasteiger partial charge in [0.1, 0.15) is 0 Å². The van der Waals surface area contributed by atoms with Crippen molar-refractivity contribution in [3.8, 4) is 0 Å². The van der Waals surface area contributed by atoms with Crippen molar-refractivity contribution in [2.45, 2.75) is 0 Å². The van der Waals surface area contributed by atoms with Gasteiger partial charge in [0.15, 0.2) is 0 Å². The van der Waals surface area contributed by atoms with Gasteiger partial charge >= 0.3 is 0 Å². The maximum Gasteiger partial charge on any atom is 0.253 e. The average molecular weight is 546 g/mol. The predicted octanol–water partition coefficient (Wildman–Crippen LogP) is -2.38. The summed E-state index contributed by atoms with van der Waals surface area (Å²) in [5.41, 5.74) is -2.61. The van der Waals surface area contributed by atoms with Crippen LogP contribution in [0.1, 0.15) is 0 Å². The molecule has 0 saturated heterocycles. The summed E-state index contributed by atoms with van der Waals surface area (Å²) in [6.45, 7) is 0. The van der Waals surface area contributed by atoms with E-state index in [0.29, 0.717) is 13.7 Å². The van der Waals surface area contributed by atoms with Gasteiger partial charge < -0.3 is 28.1 Å². The Morgan fingerprint density at radius 3 is 1.00 bits per heavy atom. The summed E-state index contributed by atoms with van der Waals surface area (Å²) in [6.07, 6.45) is 2.50. The second kappa shape index (κ2) is 11.7. The molecular weight excluding hydrogens is 535 g/mol. The van der Waals surface area contributed by atoms with Crippen molar-refractivity contribution < 1.29 is 108 Å². The fraction of sp³-hybridized carbons (Fsp3) is 0.0909. The zero-order valence-electron chi connectivity index (χ0n) is 12.3. The van der Waals surface area contributed by atoms with Gasteiger partial charge in [0.25, 0.3) is 11.8 Å². The largest absolute Gasteiger partial charge is 0.391 e. The SMILES string of the molecule is CN1C(=O)C=CC1=O.[CH2-]n1c(=O)n([CH2-])c(=O)n([CH2-])c1=O.[Y].[Y].[Y]. The van der Waals surface area contributed by atoms with E-state index in [0.717, 1.165) is 4.90 Å². The van der Waals surface area contributed by atoms with Crippen LogP contribution in [0.4, 0.5) is 0 Å². The van der Waals surface area contributed by atoms with Crippen LogP contribution in [0.15, 0.2) is 26.5 Å². The molecule has 2 heterocycles. The molecule has 12 heteroatoms. The molecule has 0 unspecified atom stereocenters. The maximum absolute atomic E-state index is 10.9. The molecule has 0 bridgehead atoms.